The van der Waals surface area contributed by atoms with Crippen molar-refractivity contribution >= 4 is 35.8 Å². The van der Waals surface area contributed by atoms with Gasteiger partial charge in [-0.05, 0) is 12.1 Å². The van der Waals surface area contributed by atoms with E-state index in [1.54, 1.807) is 11.8 Å². The number of thioether (sulfide) groups is 1. The van der Waals surface area contributed by atoms with Crippen LogP contribution in [0.3, 0.4) is 0 Å². The second-order valence-corrected chi connectivity index (χ2v) is 5.67. The summed E-state index contributed by atoms with van der Waals surface area (Å²) in [5, 5.41) is 5.66. The second kappa shape index (κ2) is 8.50. The van der Waals surface area contributed by atoms with Crippen molar-refractivity contribution in [3.63, 3.8) is 0 Å². The van der Waals surface area contributed by atoms with Crippen LogP contribution in [0.4, 0.5) is 18.9 Å². The van der Waals surface area contributed by atoms with Gasteiger partial charge in [-0.1, -0.05) is 12.1 Å². The summed E-state index contributed by atoms with van der Waals surface area (Å²) in [6.07, 6.45) is -4.57. The minimum Gasteiger partial charge on any atom is -0.404 e. The zero-order chi connectivity index (χ0) is 15.3. The van der Waals surface area contributed by atoms with Crippen LogP contribution >= 0.6 is 24.2 Å². The molecule has 1 aromatic carbocycles. The van der Waals surface area contributed by atoms with E-state index in [0.29, 0.717) is 0 Å². The largest absolute Gasteiger partial charge is 0.573 e. The van der Waals surface area contributed by atoms with Crippen molar-refractivity contribution in [3.8, 4) is 5.75 Å². The van der Waals surface area contributed by atoms with Crippen LogP contribution in [0.1, 0.15) is 6.42 Å². The minimum atomic E-state index is -4.79. The smallest absolute Gasteiger partial charge is 0.404 e. The van der Waals surface area contributed by atoms with Crippen molar-refractivity contribution in [1.82, 2.24) is 5.32 Å². The molecule has 1 unspecified atom stereocenters. The molecule has 1 atom stereocenters. The average Bonchev–Trinajstić information content (AvgIpc) is 2.40. The summed E-state index contributed by atoms with van der Waals surface area (Å²) < 4.78 is 40.7. The number of nitrogens with one attached hydrogen (secondary N) is 2. The van der Waals surface area contributed by atoms with E-state index < -0.39 is 12.1 Å². The van der Waals surface area contributed by atoms with Crippen LogP contribution in [-0.4, -0.2) is 36.4 Å². The van der Waals surface area contributed by atoms with E-state index in [1.165, 1.54) is 18.2 Å². The Hall–Kier alpha value is -1.12. The fourth-order valence-corrected chi connectivity index (χ4v) is 2.91. The number of anilines is 1. The first-order chi connectivity index (χ1) is 9.94. The first kappa shape index (κ1) is 18.9. The third-order valence-electron chi connectivity index (χ3n) is 2.82. The molecule has 0 spiro atoms. The summed E-state index contributed by atoms with van der Waals surface area (Å²) in [5.41, 5.74) is 0.0169. The fourth-order valence-electron chi connectivity index (χ4n) is 1.96. The van der Waals surface area contributed by atoms with Gasteiger partial charge >= 0.3 is 6.36 Å². The summed E-state index contributed by atoms with van der Waals surface area (Å²) in [5.74, 6) is 1.06. The van der Waals surface area contributed by atoms with Crippen LogP contribution in [0.2, 0.25) is 0 Å². The number of hydrogen-bond acceptors (Lipinski definition) is 4. The van der Waals surface area contributed by atoms with Gasteiger partial charge in [0.15, 0.2) is 5.75 Å². The number of alkyl halides is 3. The molecule has 0 aromatic heterocycles. The highest BCUT2D eigenvalue weighted by molar-refractivity contribution is 7.99. The molecule has 0 radical (unpaired) electrons. The number of rotatable bonds is 4. The number of ether oxygens (including phenoxy) is 1. The number of carbonyl (C=O) groups excluding carboxylic acids is 1. The molecule has 1 aliphatic rings. The van der Waals surface area contributed by atoms with E-state index in [1.807, 2.05) is 0 Å². The van der Waals surface area contributed by atoms with E-state index in [4.69, 9.17) is 0 Å². The number of benzene rings is 1. The topological polar surface area (TPSA) is 50.4 Å². The normalized spacial score (nSPS) is 18.2. The predicted molar refractivity (Wildman–Crippen MR) is 82.7 cm³/mol. The molecule has 0 aliphatic carbocycles. The van der Waals surface area contributed by atoms with Crippen LogP contribution in [0.15, 0.2) is 24.3 Å². The van der Waals surface area contributed by atoms with Crippen LogP contribution in [-0.2, 0) is 4.79 Å². The lowest BCUT2D eigenvalue weighted by molar-refractivity contribution is -0.274. The zero-order valence-electron chi connectivity index (χ0n) is 11.5. The molecular formula is C13H16ClF3N2O2S. The second-order valence-electron chi connectivity index (χ2n) is 4.52. The first-order valence-corrected chi connectivity index (χ1v) is 7.55. The van der Waals surface area contributed by atoms with E-state index in [9.17, 15) is 18.0 Å². The molecule has 0 saturated carbocycles. The quantitative estimate of drug-likeness (QED) is 0.870. The Morgan fingerprint density at radius 3 is 2.77 bits per heavy atom. The van der Waals surface area contributed by atoms with Crippen molar-refractivity contribution < 1.29 is 22.7 Å². The highest BCUT2D eigenvalue weighted by Gasteiger charge is 2.32. The summed E-state index contributed by atoms with van der Waals surface area (Å²) in [6, 6.07) is 5.53. The lowest BCUT2D eigenvalue weighted by Crippen LogP contribution is -2.39. The van der Waals surface area contributed by atoms with Gasteiger partial charge in [-0.2, -0.15) is 11.8 Å². The molecule has 1 fully saturated rings. The Bertz CT molecular complexity index is 496. The monoisotopic (exact) mass is 356 g/mol. The van der Waals surface area contributed by atoms with Gasteiger partial charge in [0, 0.05) is 30.5 Å². The third-order valence-corrected chi connectivity index (χ3v) is 3.95. The maximum atomic E-state index is 12.3. The van der Waals surface area contributed by atoms with Crippen molar-refractivity contribution in [2.45, 2.75) is 18.8 Å². The molecule has 1 aromatic rings. The molecular weight excluding hydrogens is 341 g/mol. The number of hydrogen-bond donors (Lipinski definition) is 2. The lowest BCUT2D eigenvalue weighted by Gasteiger charge is -2.22. The van der Waals surface area contributed by atoms with E-state index in [-0.39, 0.29) is 36.5 Å². The fraction of sp³-hybridized carbons (Fsp3) is 0.462. The third kappa shape index (κ3) is 6.33. The summed E-state index contributed by atoms with van der Waals surface area (Å²) in [7, 11) is 0. The number of amides is 1. The number of carbonyl (C=O) groups is 1. The Kier molecular flexibility index (Phi) is 7.31. The van der Waals surface area contributed by atoms with Crippen LogP contribution in [0.25, 0.3) is 0 Å². The first-order valence-electron chi connectivity index (χ1n) is 6.40. The SMILES string of the molecule is Cl.O=C(CC1CSCCN1)Nc1ccccc1OC(F)(F)F. The molecule has 1 amide bonds. The summed E-state index contributed by atoms with van der Waals surface area (Å²) in [4.78, 5) is 11.9. The van der Waals surface area contributed by atoms with Gasteiger partial charge in [0.1, 0.15) is 0 Å². The molecule has 4 nitrogen and oxygen atoms in total. The molecule has 2 rings (SSSR count). The van der Waals surface area contributed by atoms with Crippen LogP contribution in [0.5, 0.6) is 5.75 Å². The Morgan fingerprint density at radius 1 is 1.41 bits per heavy atom. The average molecular weight is 357 g/mol. The Labute approximate surface area is 136 Å². The van der Waals surface area contributed by atoms with Gasteiger partial charge in [-0.3, -0.25) is 4.79 Å². The van der Waals surface area contributed by atoms with Gasteiger partial charge in [-0.15, -0.1) is 25.6 Å². The molecule has 124 valence electrons. The van der Waals surface area contributed by atoms with E-state index >= 15 is 0 Å². The molecule has 22 heavy (non-hydrogen) atoms. The number of halogens is 4. The van der Waals surface area contributed by atoms with Crippen LogP contribution in [0, 0.1) is 0 Å². The van der Waals surface area contributed by atoms with Gasteiger partial charge in [0.05, 0.1) is 5.69 Å². The van der Waals surface area contributed by atoms with Crippen molar-refractivity contribution in [3.05, 3.63) is 24.3 Å². The Morgan fingerprint density at radius 2 is 2.14 bits per heavy atom. The highest BCUT2D eigenvalue weighted by atomic mass is 35.5. The van der Waals surface area contributed by atoms with Crippen LogP contribution < -0.4 is 15.4 Å². The lowest BCUT2D eigenvalue weighted by atomic mass is 10.2. The van der Waals surface area contributed by atoms with Crippen molar-refractivity contribution in [2.75, 3.05) is 23.4 Å². The Balaban J connectivity index is 0.00000242. The van der Waals surface area contributed by atoms with Gasteiger partial charge in [0.25, 0.3) is 0 Å². The standard InChI is InChI=1S/C13H15F3N2O2S.ClH/c14-13(15,16)20-11-4-2-1-3-10(11)18-12(19)7-9-8-21-6-5-17-9;/h1-4,9,17H,5-8H2,(H,18,19);1H. The van der Waals surface area contributed by atoms with Gasteiger partial charge in [-0.25, -0.2) is 0 Å². The van der Waals surface area contributed by atoms with E-state index in [2.05, 4.69) is 15.4 Å². The predicted octanol–water partition coefficient (Wildman–Crippen LogP) is 3.04. The minimum absolute atomic E-state index is 0. The summed E-state index contributed by atoms with van der Waals surface area (Å²) in [6.45, 7) is 0.830. The maximum Gasteiger partial charge on any atom is 0.573 e. The highest BCUT2D eigenvalue weighted by Crippen LogP contribution is 2.30. The van der Waals surface area contributed by atoms with Crippen molar-refractivity contribution in [1.29, 1.82) is 0 Å². The van der Waals surface area contributed by atoms with Gasteiger partial charge < -0.3 is 15.4 Å². The molecule has 2 N–H and O–H groups in total. The molecule has 9 heteroatoms. The maximum absolute atomic E-state index is 12.3. The molecule has 0 bridgehead atoms. The van der Waals surface area contributed by atoms with Gasteiger partial charge in [0.2, 0.25) is 5.91 Å². The zero-order valence-corrected chi connectivity index (χ0v) is 13.1. The number of para-hydroxylation sites is 2. The van der Waals surface area contributed by atoms with E-state index in [0.717, 1.165) is 24.1 Å². The van der Waals surface area contributed by atoms with Crippen molar-refractivity contribution in [2.24, 2.45) is 0 Å². The molecule has 1 heterocycles. The summed E-state index contributed by atoms with van der Waals surface area (Å²) >= 11 is 1.75. The molecule has 1 aliphatic heterocycles. The molecule has 1 saturated heterocycles.